The first-order chi connectivity index (χ1) is 16.8. The van der Waals surface area contributed by atoms with Crippen molar-refractivity contribution in [1.29, 1.82) is 0 Å². The fraction of sp³-hybridized carbons (Fsp3) is 0.200. The Morgan fingerprint density at radius 1 is 0.943 bits per heavy atom. The summed E-state index contributed by atoms with van der Waals surface area (Å²) in [6.45, 7) is 3.54. The predicted molar refractivity (Wildman–Crippen MR) is 142 cm³/mol. The van der Waals surface area contributed by atoms with Gasteiger partial charge in [0, 0.05) is 45.5 Å². The summed E-state index contributed by atoms with van der Waals surface area (Å²) in [6.07, 6.45) is 1.84. The van der Waals surface area contributed by atoms with Crippen LogP contribution < -0.4 is 0 Å². The van der Waals surface area contributed by atoms with Gasteiger partial charge in [-0.05, 0) is 73.4 Å². The van der Waals surface area contributed by atoms with Crippen LogP contribution in [0.1, 0.15) is 41.9 Å². The van der Waals surface area contributed by atoms with E-state index in [0.29, 0.717) is 17.9 Å². The number of aromatic nitrogens is 2. The molecule has 0 radical (unpaired) electrons. The Balaban J connectivity index is 1.55. The quantitative estimate of drug-likeness (QED) is 0.257. The van der Waals surface area contributed by atoms with Crippen molar-refractivity contribution in [3.05, 3.63) is 112 Å². The van der Waals surface area contributed by atoms with Crippen LogP contribution in [-0.2, 0) is 24.1 Å². The van der Waals surface area contributed by atoms with E-state index in [1.807, 2.05) is 42.5 Å². The fourth-order valence-corrected chi connectivity index (χ4v) is 4.68. The predicted octanol–water partition coefficient (Wildman–Crippen LogP) is 7.20. The van der Waals surface area contributed by atoms with E-state index >= 15 is 0 Å². The Kier molecular flexibility index (Phi) is 6.08. The van der Waals surface area contributed by atoms with Gasteiger partial charge in [0.05, 0.1) is 10.9 Å². The molecular weight excluding hydrogens is 456 g/mol. The van der Waals surface area contributed by atoms with E-state index in [0.717, 1.165) is 50.7 Å². The topological polar surface area (TPSA) is 66.0 Å². The number of carbonyl (C=O) groups is 1. The molecule has 0 amide bonds. The molecule has 5 rings (SSSR count). The van der Waals surface area contributed by atoms with Crippen molar-refractivity contribution in [2.24, 2.45) is 5.41 Å². The highest BCUT2D eigenvalue weighted by Crippen LogP contribution is 2.32. The second-order valence-corrected chi connectivity index (χ2v) is 10.2. The highest BCUT2D eigenvalue weighted by molar-refractivity contribution is 6.30. The maximum atomic E-state index is 11.9. The molecule has 0 unspecified atom stereocenters. The summed E-state index contributed by atoms with van der Waals surface area (Å²) in [5.41, 5.74) is 6.54. The van der Waals surface area contributed by atoms with Gasteiger partial charge in [-0.3, -0.25) is 9.78 Å². The van der Waals surface area contributed by atoms with Crippen LogP contribution in [0, 0.1) is 5.41 Å². The van der Waals surface area contributed by atoms with Crippen molar-refractivity contribution in [1.82, 2.24) is 9.97 Å². The number of benzene rings is 3. The summed E-state index contributed by atoms with van der Waals surface area (Å²) in [5, 5.41) is 12.7. The van der Waals surface area contributed by atoms with Gasteiger partial charge in [-0.25, -0.2) is 0 Å². The molecule has 2 heterocycles. The number of nitrogens with zero attached hydrogens (tertiary/aromatic N) is 1. The van der Waals surface area contributed by atoms with Crippen molar-refractivity contribution in [2.75, 3.05) is 0 Å². The lowest BCUT2D eigenvalue weighted by Gasteiger charge is -2.19. The minimum atomic E-state index is -0.881. The summed E-state index contributed by atoms with van der Waals surface area (Å²) < 4.78 is 0. The van der Waals surface area contributed by atoms with Crippen molar-refractivity contribution in [3.8, 4) is 0 Å². The molecule has 0 fully saturated rings. The van der Waals surface area contributed by atoms with E-state index in [4.69, 9.17) is 16.6 Å². The number of pyridine rings is 1. The lowest BCUT2D eigenvalue weighted by atomic mass is 9.86. The van der Waals surface area contributed by atoms with E-state index in [2.05, 4.69) is 41.4 Å². The van der Waals surface area contributed by atoms with Crippen LogP contribution in [0.15, 0.2) is 78.9 Å². The molecule has 0 spiro atoms. The summed E-state index contributed by atoms with van der Waals surface area (Å²) >= 11 is 6.10. The summed E-state index contributed by atoms with van der Waals surface area (Å²) in [6, 6.07) is 26.6. The van der Waals surface area contributed by atoms with Gasteiger partial charge >= 0.3 is 5.97 Å². The van der Waals surface area contributed by atoms with Gasteiger partial charge in [0.1, 0.15) is 0 Å². The molecule has 3 aromatic carbocycles. The van der Waals surface area contributed by atoms with Crippen LogP contribution in [0.4, 0.5) is 0 Å². The number of halogens is 1. The molecule has 4 nitrogen and oxygen atoms in total. The third-order valence-electron chi connectivity index (χ3n) is 6.59. The van der Waals surface area contributed by atoms with Crippen LogP contribution in [0.3, 0.4) is 0 Å². The van der Waals surface area contributed by atoms with Crippen LogP contribution in [0.25, 0.3) is 21.8 Å². The minimum Gasteiger partial charge on any atom is -0.481 e. The number of nitrogens with one attached hydrogen (secondary N) is 1. The van der Waals surface area contributed by atoms with Gasteiger partial charge in [-0.1, -0.05) is 54.1 Å². The van der Waals surface area contributed by atoms with Crippen LogP contribution in [0.2, 0.25) is 5.02 Å². The lowest BCUT2D eigenvalue weighted by molar-refractivity contribution is -0.146. The molecule has 0 saturated heterocycles. The smallest absolute Gasteiger partial charge is 0.309 e. The number of para-hydroxylation sites is 1. The molecular formula is C30H27ClN2O2. The van der Waals surface area contributed by atoms with Gasteiger partial charge < -0.3 is 10.1 Å². The minimum absolute atomic E-state index is 0.418. The number of H-pyrrole nitrogens is 1. The first-order valence-corrected chi connectivity index (χ1v) is 12.1. The molecule has 2 N–H and O–H groups in total. The van der Waals surface area contributed by atoms with E-state index < -0.39 is 11.4 Å². The normalized spacial score (nSPS) is 11.9. The van der Waals surface area contributed by atoms with E-state index in [-0.39, 0.29) is 0 Å². The van der Waals surface area contributed by atoms with Gasteiger partial charge in [-0.15, -0.1) is 0 Å². The number of hydrogen-bond donors (Lipinski definition) is 2. The Morgan fingerprint density at radius 2 is 1.69 bits per heavy atom. The maximum Gasteiger partial charge on any atom is 0.309 e. The SMILES string of the molecule is CC(C)(Cc1[nH]c2ccc(Cc3ccc4ccccc4n3)cc2c1Cc1ccc(Cl)cc1)C(=O)O. The molecule has 0 bridgehead atoms. The maximum absolute atomic E-state index is 11.9. The van der Waals surface area contributed by atoms with Gasteiger partial charge in [0.2, 0.25) is 0 Å². The molecule has 2 aromatic heterocycles. The van der Waals surface area contributed by atoms with Crippen molar-refractivity contribution in [3.63, 3.8) is 0 Å². The highest BCUT2D eigenvalue weighted by Gasteiger charge is 2.29. The van der Waals surface area contributed by atoms with Crippen LogP contribution in [0.5, 0.6) is 0 Å². The Hall–Kier alpha value is -3.63. The fourth-order valence-electron chi connectivity index (χ4n) is 4.55. The molecule has 0 aliphatic heterocycles. The zero-order chi connectivity index (χ0) is 24.6. The molecule has 5 aromatic rings. The third kappa shape index (κ3) is 4.94. The zero-order valence-corrected chi connectivity index (χ0v) is 20.6. The largest absolute Gasteiger partial charge is 0.481 e. The first kappa shape index (κ1) is 23.1. The first-order valence-electron chi connectivity index (χ1n) is 11.7. The van der Waals surface area contributed by atoms with Crippen molar-refractivity contribution in [2.45, 2.75) is 33.1 Å². The van der Waals surface area contributed by atoms with Crippen molar-refractivity contribution >= 4 is 39.4 Å². The van der Waals surface area contributed by atoms with E-state index in [9.17, 15) is 9.90 Å². The number of aliphatic carboxylic acids is 1. The molecule has 35 heavy (non-hydrogen) atoms. The Labute approximate surface area is 209 Å². The number of rotatable bonds is 7. The molecule has 0 aliphatic rings. The van der Waals surface area contributed by atoms with Crippen LogP contribution >= 0.6 is 11.6 Å². The second-order valence-electron chi connectivity index (χ2n) is 9.80. The molecule has 0 aliphatic carbocycles. The number of carboxylic acids is 1. The van der Waals surface area contributed by atoms with E-state index in [1.165, 1.54) is 5.56 Å². The third-order valence-corrected chi connectivity index (χ3v) is 6.84. The highest BCUT2D eigenvalue weighted by atomic mass is 35.5. The second kappa shape index (κ2) is 9.20. The average molecular weight is 483 g/mol. The Morgan fingerprint density at radius 3 is 2.46 bits per heavy atom. The number of hydrogen-bond acceptors (Lipinski definition) is 2. The number of carboxylic acid groups (broad SMARTS) is 1. The Bertz CT molecular complexity index is 1530. The summed E-state index contributed by atoms with van der Waals surface area (Å²) in [7, 11) is 0. The summed E-state index contributed by atoms with van der Waals surface area (Å²) in [5.74, 6) is -0.809. The van der Waals surface area contributed by atoms with Gasteiger partial charge in [-0.2, -0.15) is 0 Å². The lowest BCUT2D eigenvalue weighted by Crippen LogP contribution is -2.26. The average Bonchev–Trinajstić information content (AvgIpc) is 3.16. The van der Waals surface area contributed by atoms with Gasteiger partial charge in [0.25, 0.3) is 0 Å². The van der Waals surface area contributed by atoms with Crippen LogP contribution in [-0.4, -0.2) is 21.0 Å². The molecule has 0 saturated carbocycles. The van der Waals surface area contributed by atoms with Gasteiger partial charge in [0.15, 0.2) is 0 Å². The number of fused-ring (bicyclic) bond motifs is 2. The number of aromatic amines is 1. The monoisotopic (exact) mass is 482 g/mol. The molecule has 0 atom stereocenters. The molecule has 176 valence electrons. The van der Waals surface area contributed by atoms with Crippen molar-refractivity contribution < 1.29 is 9.90 Å². The molecule has 5 heteroatoms. The zero-order valence-electron chi connectivity index (χ0n) is 19.8. The summed E-state index contributed by atoms with van der Waals surface area (Å²) in [4.78, 5) is 20.2. The standard InChI is InChI=1S/C30H27ClN2O2/c1-30(2,29(34)35)18-28-25(16-19-7-11-22(31)12-8-19)24-17-20(9-14-27(24)33-28)15-23-13-10-21-5-3-4-6-26(21)32-23/h3-14,17,33H,15-16,18H2,1-2H3,(H,34,35). The van der Waals surface area contributed by atoms with E-state index in [1.54, 1.807) is 13.8 Å².